The molecule has 1 N–H and O–H groups in total. The molecule has 26 heavy (non-hydrogen) atoms. The van der Waals surface area contributed by atoms with Gasteiger partial charge in [-0.05, 0) is 60.9 Å². The summed E-state index contributed by atoms with van der Waals surface area (Å²) in [4.78, 5) is 12.9. The van der Waals surface area contributed by atoms with E-state index in [0.29, 0.717) is 16.0 Å². The molecule has 3 fully saturated rings. The Morgan fingerprint density at radius 1 is 1.27 bits per heavy atom. The number of aryl methyl sites for hydroxylation is 1. The Kier molecular flexibility index (Phi) is 4.10. The molecule has 2 atom stereocenters. The number of fused-ring (bicyclic) bond motifs is 2. The fourth-order valence-electron chi connectivity index (χ4n) is 4.57. The first kappa shape index (κ1) is 17.5. The average Bonchev–Trinajstić information content (AvgIpc) is 3.10. The Morgan fingerprint density at radius 3 is 2.73 bits per heavy atom. The highest BCUT2D eigenvalue weighted by Gasteiger charge is 2.60. The SMILES string of the molecule is Cc1cccc(/C=C2/S/C(=N\N=C3\CC4CCC3(C)C4(C)C)NC2=O)c1. The fourth-order valence-corrected chi connectivity index (χ4v) is 5.34. The summed E-state index contributed by atoms with van der Waals surface area (Å²) in [6.07, 6.45) is 5.41. The van der Waals surface area contributed by atoms with E-state index in [4.69, 9.17) is 0 Å². The molecule has 1 heterocycles. The number of carbonyl (C=O) groups excluding carboxylic acids is 1. The molecule has 0 aromatic heterocycles. The Hall–Kier alpha value is -1.88. The van der Waals surface area contributed by atoms with Crippen molar-refractivity contribution in [2.75, 3.05) is 0 Å². The first-order valence-electron chi connectivity index (χ1n) is 9.22. The molecule has 1 saturated heterocycles. The number of nitrogens with one attached hydrogen (secondary N) is 1. The number of rotatable bonds is 2. The summed E-state index contributed by atoms with van der Waals surface area (Å²) in [6.45, 7) is 9.08. The van der Waals surface area contributed by atoms with Gasteiger partial charge in [-0.1, -0.05) is 50.6 Å². The molecule has 3 aliphatic rings. The topological polar surface area (TPSA) is 53.8 Å². The highest BCUT2D eigenvalue weighted by atomic mass is 32.2. The van der Waals surface area contributed by atoms with Gasteiger partial charge in [0.2, 0.25) is 0 Å². The number of amidine groups is 1. The van der Waals surface area contributed by atoms with Crippen LogP contribution < -0.4 is 5.32 Å². The quantitative estimate of drug-likeness (QED) is 0.605. The van der Waals surface area contributed by atoms with Crippen LogP contribution in [0, 0.1) is 23.7 Å². The van der Waals surface area contributed by atoms with Crippen LogP contribution in [0.3, 0.4) is 0 Å². The zero-order chi connectivity index (χ0) is 18.5. The molecule has 2 aliphatic carbocycles. The summed E-state index contributed by atoms with van der Waals surface area (Å²) in [5.41, 5.74) is 3.81. The van der Waals surface area contributed by atoms with Crippen molar-refractivity contribution >= 4 is 34.6 Å². The van der Waals surface area contributed by atoms with Crippen LogP contribution >= 0.6 is 11.8 Å². The van der Waals surface area contributed by atoms with Crippen LogP contribution in [0.4, 0.5) is 0 Å². The summed E-state index contributed by atoms with van der Waals surface area (Å²) in [5.74, 6) is 0.601. The van der Waals surface area contributed by atoms with Crippen molar-refractivity contribution in [3.05, 3.63) is 40.3 Å². The third-order valence-corrected chi connectivity index (χ3v) is 7.66. The summed E-state index contributed by atoms with van der Waals surface area (Å²) in [7, 11) is 0. The van der Waals surface area contributed by atoms with Crippen molar-refractivity contribution in [2.24, 2.45) is 27.0 Å². The number of benzene rings is 1. The van der Waals surface area contributed by atoms with Crippen molar-refractivity contribution < 1.29 is 4.79 Å². The molecule has 0 spiro atoms. The second kappa shape index (κ2) is 6.08. The predicted molar refractivity (Wildman–Crippen MR) is 109 cm³/mol. The van der Waals surface area contributed by atoms with E-state index < -0.39 is 0 Å². The summed E-state index contributed by atoms with van der Waals surface area (Å²) < 4.78 is 0. The zero-order valence-electron chi connectivity index (χ0n) is 15.8. The molecule has 1 aromatic rings. The van der Waals surface area contributed by atoms with Gasteiger partial charge in [0.1, 0.15) is 0 Å². The second-order valence-corrected chi connectivity index (χ2v) is 9.45. The first-order valence-corrected chi connectivity index (χ1v) is 10.0. The Balaban J connectivity index is 1.55. The second-order valence-electron chi connectivity index (χ2n) is 8.42. The lowest BCUT2D eigenvalue weighted by molar-refractivity contribution is -0.115. The number of nitrogens with zero attached hydrogens (tertiary/aromatic N) is 2. The summed E-state index contributed by atoms with van der Waals surface area (Å²) >= 11 is 1.37. The molecular weight excluding hydrogens is 342 g/mol. The van der Waals surface area contributed by atoms with E-state index in [-0.39, 0.29) is 16.7 Å². The minimum absolute atomic E-state index is 0.102. The largest absolute Gasteiger partial charge is 0.299 e. The highest BCUT2D eigenvalue weighted by molar-refractivity contribution is 8.18. The standard InChI is InChI=1S/C21H25N3OS/c1-13-6-5-7-14(10-13)11-16-18(25)22-19(26-16)24-23-17-12-15-8-9-21(17,4)20(15,2)3/h5-7,10-11,15H,8-9,12H2,1-4H3,(H,22,24,25)/b16-11+,23-17-. The molecule has 4 rings (SSSR count). The third-order valence-electron chi connectivity index (χ3n) is 6.76. The van der Waals surface area contributed by atoms with Gasteiger partial charge in [-0.3, -0.25) is 10.1 Å². The van der Waals surface area contributed by atoms with E-state index >= 15 is 0 Å². The van der Waals surface area contributed by atoms with Crippen LogP contribution in [0.25, 0.3) is 6.08 Å². The Bertz CT molecular complexity index is 868. The Labute approximate surface area is 159 Å². The van der Waals surface area contributed by atoms with Crippen LogP contribution in [0.15, 0.2) is 39.4 Å². The van der Waals surface area contributed by atoms with E-state index in [9.17, 15) is 4.79 Å². The lowest BCUT2D eigenvalue weighted by Crippen LogP contribution is -2.32. The average molecular weight is 368 g/mol. The van der Waals surface area contributed by atoms with Crippen LogP contribution in [0.2, 0.25) is 0 Å². The van der Waals surface area contributed by atoms with E-state index in [1.165, 1.54) is 35.9 Å². The maximum atomic E-state index is 12.2. The van der Waals surface area contributed by atoms with E-state index in [1.807, 2.05) is 31.2 Å². The van der Waals surface area contributed by atoms with Crippen LogP contribution in [-0.2, 0) is 4.79 Å². The van der Waals surface area contributed by atoms with E-state index in [2.05, 4.69) is 42.4 Å². The first-order chi connectivity index (χ1) is 12.3. The highest BCUT2D eigenvalue weighted by Crippen LogP contribution is 2.64. The fraction of sp³-hybridized carbons (Fsp3) is 0.476. The van der Waals surface area contributed by atoms with Gasteiger partial charge >= 0.3 is 0 Å². The molecule has 5 heteroatoms. The van der Waals surface area contributed by atoms with Gasteiger partial charge in [0.15, 0.2) is 5.17 Å². The van der Waals surface area contributed by atoms with Crippen LogP contribution in [0.5, 0.6) is 0 Å². The third kappa shape index (κ3) is 2.73. The Morgan fingerprint density at radius 2 is 2.08 bits per heavy atom. The monoisotopic (exact) mass is 367 g/mol. The molecule has 2 saturated carbocycles. The van der Waals surface area contributed by atoms with Gasteiger partial charge in [-0.15, -0.1) is 5.10 Å². The van der Waals surface area contributed by atoms with Crippen molar-refractivity contribution in [2.45, 2.75) is 47.0 Å². The van der Waals surface area contributed by atoms with Crippen LogP contribution in [0.1, 0.15) is 51.2 Å². The number of hydrogen-bond acceptors (Lipinski definition) is 4. The smallest absolute Gasteiger partial charge is 0.264 e. The number of carbonyl (C=O) groups is 1. The molecule has 0 radical (unpaired) electrons. The summed E-state index contributed by atoms with van der Waals surface area (Å²) in [5, 5.41) is 12.4. The molecule has 1 aromatic carbocycles. The van der Waals surface area contributed by atoms with Crippen molar-refractivity contribution in [3.63, 3.8) is 0 Å². The van der Waals surface area contributed by atoms with Gasteiger partial charge < -0.3 is 0 Å². The number of hydrogen-bond donors (Lipinski definition) is 1. The minimum atomic E-state index is -0.102. The van der Waals surface area contributed by atoms with Gasteiger partial charge in [0.25, 0.3) is 5.91 Å². The molecule has 136 valence electrons. The van der Waals surface area contributed by atoms with Gasteiger partial charge in [-0.2, -0.15) is 5.10 Å². The maximum absolute atomic E-state index is 12.2. The number of amides is 1. The minimum Gasteiger partial charge on any atom is -0.299 e. The molecular formula is C21H25N3OS. The number of thioether (sulfide) groups is 1. The van der Waals surface area contributed by atoms with E-state index in [1.54, 1.807) is 0 Å². The molecule has 1 aliphatic heterocycles. The molecule has 4 nitrogen and oxygen atoms in total. The predicted octanol–water partition coefficient (Wildman–Crippen LogP) is 4.76. The lowest BCUT2D eigenvalue weighted by Gasteiger charge is -2.34. The maximum Gasteiger partial charge on any atom is 0.264 e. The molecule has 2 unspecified atom stereocenters. The van der Waals surface area contributed by atoms with Gasteiger partial charge in [0.05, 0.1) is 4.91 Å². The van der Waals surface area contributed by atoms with E-state index in [0.717, 1.165) is 12.0 Å². The van der Waals surface area contributed by atoms with Crippen LogP contribution in [-0.4, -0.2) is 16.8 Å². The normalized spacial score (nSPS) is 34.2. The van der Waals surface area contributed by atoms with Crippen molar-refractivity contribution in [1.82, 2.24) is 5.32 Å². The van der Waals surface area contributed by atoms with Crippen molar-refractivity contribution in [3.8, 4) is 0 Å². The molecule has 1 amide bonds. The van der Waals surface area contributed by atoms with Gasteiger partial charge in [-0.25, -0.2) is 0 Å². The zero-order valence-corrected chi connectivity index (χ0v) is 16.6. The van der Waals surface area contributed by atoms with Crippen molar-refractivity contribution in [1.29, 1.82) is 0 Å². The summed E-state index contributed by atoms with van der Waals surface area (Å²) in [6, 6.07) is 8.11. The molecule has 2 bridgehead atoms. The van der Waals surface area contributed by atoms with Gasteiger partial charge in [0, 0.05) is 11.1 Å². The lowest BCUT2D eigenvalue weighted by atomic mass is 9.70.